The first-order valence-electron chi connectivity index (χ1n) is 9.25. The number of aliphatic carboxylic acids is 1. The van der Waals surface area contributed by atoms with E-state index in [1.807, 2.05) is 30.3 Å². The van der Waals surface area contributed by atoms with Gasteiger partial charge in [0.2, 0.25) is 0 Å². The highest BCUT2D eigenvalue weighted by molar-refractivity contribution is 5.87. The fourth-order valence-electron chi connectivity index (χ4n) is 4.04. The number of hydrogen-bond donors (Lipinski definition) is 3. The quantitative estimate of drug-likeness (QED) is 0.654. The van der Waals surface area contributed by atoms with Crippen LogP contribution in [-0.2, 0) is 11.2 Å². The molecule has 0 saturated carbocycles. The summed E-state index contributed by atoms with van der Waals surface area (Å²) in [7, 11) is 1.68. The molecule has 5 heteroatoms. The van der Waals surface area contributed by atoms with E-state index in [0.29, 0.717) is 12.3 Å². The SMILES string of the molecule is COc1ccc(C2NC(C(=O)O)Cc3c2[nH]c2ccccc32)cc1C(C)C. The number of rotatable bonds is 4. The number of carboxylic acids is 1. The molecule has 4 rings (SSSR count). The Morgan fingerprint density at radius 1 is 1.22 bits per heavy atom. The van der Waals surface area contributed by atoms with Crippen molar-refractivity contribution < 1.29 is 14.6 Å². The molecule has 27 heavy (non-hydrogen) atoms. The van der Waals surface area contributed by atoms with Crippen LogP contribution >= 0.6 is 0 Å². The second-order valence-corrected chi connectivity index (χ2v) is 7.41. The van der Waals surface area contributed by atoms with Crippen molar-refractivity contribution in [3.8, 4) is 5.75 Å². The highest BCUT2D eigenvalue weighted by Crippen LogP contribution is 2.37. The van der Waals surface area contributed by atoms with Crippen molar-refractivity contribution in [1.82, 2.24) is 10.3 Å². The molecule has 0 fully saturated rings. The lowest BCUT2D eigenvalue weighted by molar-refractivity contribution is -0.139. The molecule has 0 amide bonds. The third kappa shape index (κ3) is 2.98. The van der Waals surface area contributed by atoms with Crippen LogP contribution in [0.2, 0.25) is 0 Å². The second-order valence-electron chi connectivity index (χ2n) is 7.41. The molecular formula is C22H24N2O3. The summed E-state index contributed by atoms with van der Waals surface area (Å²) in [6.45, 7) is 4.26. The number of aromatic amines is 1. The summed E-state index contributed by atoms with van der Waals surface area (Å²) in [6.07, 6.45) is 0.471. The van der Waals surface area contributed by atoms with E-state index in [1.165, 1.54) is 0 Å². The molecule has 0 saturated heterocycles. The number of benzene rings is 2. The van der Waals surface area contributed by atoms with Crippen molar-refractivity contribution in [1.29, 1.82) is 0 Å². The number of nitrogens with one attached hydrogen (secondary N) is 2. The standard InChI is InChI=1S/C22H24N2O3/c1-12(2)15-10-13(8-9-19(15)27-3)20-21-16(11-18(24-20)22(25)26)14-6-4-5-7-17(14)23-21/h4-10,12,18,20,23-24H,11H2,1-3H3,(H,25,26). The van der Waals surface area contributed by atoms with Gasteiger partial charge in [-0.1, -0.05) is 38.1 Å². The zero-order valence-corrected chi connectivity index (χ0v) is 15.7. The van der Waals surface area contributed by atoms with Gasteiger partial charge in [0.1, 0.15) is 11.8 Å². The third-order valence-electron chi connectivity index (χ3n) is 5.42. The molecule has 1 aliphatic heterocycles. The zero-order chi connectivity index (χ0) is 19.1. The second kappa shape index (κ2) is 6.74. The first-order valence-corrected chi connectivity index (χ1v) is 9.25. The molecule has 2 atom stereocenters. The Labute approximate surface area is 158 Å². The lowest BCUT2D eigenvalue weighted by Gasteiger charge is -2.30. The fourth-order valence-corrected chi connectivity index (χ4v) is 4.04. The van der Waals surface area contributed by atoms with E-state index in [0.717, 1.165) is 39.0 Å². The van der Waals surface area contributed by atoms with Gasteiger partial charge in [-0.15, -0.1) is 0 Å². The van der Waals surface area contributed by atoms with Crippen LogP contribution in [0.3, 0.4) is 0 Å². The van der Waals surface area contributed by atoms with Crippen molar-refractivity contribution in [2.45, 2.75) is 38.3 Å². The van der Waals surface area contributed by atoms with Gasteiger partial charge in [0.15, 0.2) is 0 Å². The van der Waals surface area contributed by atoms with Gasteiger partial charge in [0.25, 0.3) is 0 Å². The molecule has 0 spiro atoms. The molecule has 3 aromatic rings. The predicted molar refractivity (Wildman–Crippen MR) is 105 cm³/mol. The topological polar surface area (TPSA) is 74.3 Å². The minimum Gasteiger partial charge on any atom is -0.496 e. The first kappa shape index (κ1) is 17.6. The molecule has 0 aliphatic carbocycles. The summed E-state index contributed by atoms with van der Waals surface area (Å²) in [5.41, 5.74) is 5.33. The van der Waals surface area contributed by atoms with Crippen LogP contribution in [0.1, 0.15) is 48.2 Å². The van der Waals surface area contributed by atoms with Crippen molar-refractivity contribution in [3.05, 3.63) is 64.8 Å². The van der Waals surface area contributed by atoms with E-state index in [-0.39, 0.29) is 6.04 Å². The van der Waals surface area contributed by atoms with E-state index in [4.69, 9.17) is 4.74 Å². The Morgan fingerprint density at radius 3 is 2.70 bits per heavy atom. The number of ether oxygens (including phenoxy) is 1. The monoisotopic (exact) mass is 364 g/mol. The van der Waals surface area contributed by atoms with E-state index in [1.54, 1.807) is 7.11 Å². The van der Waals surface area contributed by atoms with Crippen molar-refractivity contribution in [2.75, 3.05) is 7.11 Å². The van der Waals surface area contributed by atoms with Gasteiger partial charge >= 0.3 is 5.97 Å². The maximum atomic E-state index is 11.8. The van der Waals surface area contributed by atoms with Gasteiger partial charge < -0.3 is 14.8 Å². The van der Waals surface area contributed by atoms with Crippen LogP contribution in [0.5, 0.6) is 5.75 Å². The molecule has 2 heterocycles. The van der Waals surface area contributed by atoms with Gasteiger partial charge in [-0.05, 0) is 40.8 Å². The molecule has 5 nitrogen and oxygen atoms in total. The summed E-state index contributed by atoms with van der Waals surface area (Å²) in [4.78, 5) is 15.3. The number of para-hydroxylation sites is 1. The fraction of sp³-hybridized carbons (Fsp3) is 0.318. The Hall–Kier alpha value is -2.79. The number of methoxy groups -OCH3 is 1. The average molecular weight is 364 g/mol. The Balaban J connectivity index is 1.88. The normalized spacial score (nSPS) is 19.3. The van der Waals surface area contributed by atoms with Crippen molar-refractivity contribution in [2.24, 2.45) is 0 Å². The molecule has 1 aromatic heterocycles. The van der Waals surface area contributed by atoms with E-state index >= 15 is 0 Å². The maximum absolute atomic E-state index is 11.8. The number of H-pyrrole nitrogens is 1. The minimum absolute atomic E-state index is 0.203. The Bertz CT molecular complexity index is 1010. The highest BCUT2D eigenvalue weighted by atomic mass is 16.5. The lowest BCUT2D eigenvalue weighted by atomic mass is 9.88. The number of hydrogen-bond acceptors (Lipinski definition) is 3. The van der Waals surface area contributed by atoms with E-state index in [2.05, 4.69) is 36.3 Å². The largest absolute Gasteiger partial charge is 0.496 e. The molecule has 140 valence electrons. The van der Waals surface area contributed by atoms with Crippen LogP contribution in [0.15, 0.2) is 42.5 Å². The number of carboxylic acid groups (broad SMARTS) is 1. The molecule has 2 aromatic carbocycles. The van der Waals surface area contributed by atoms with Crippen LogP contribution < -0.4 is 10.1 Å². The third-order valence-corrected chi connectivity index (χ3v) is 5.42. The number of aromatic nitrogens is 1. The lowest BCUT2D eigenvalue weighted by Crippen LogP contribution is -2.45. The van der Waals surface area contributed by atoms with Crippen LogP contribution in [0.4, 0.5) is 0 Å². The van der Waals surface area contributed by atoms with E-state index in [9.17, 15) is 9.90 Å². The number of fused-ring (bicyclic) bond motifs is 3. The van der Waals surface area contributed by atoms with Gasteiger partial charge in [-0.25, -0.2) is 0 Å². The summed E-state index contributed by atoms with van der Waals surface area (Å²) < 4.78 is 5.50. The van der Waals surface area contributed by atoms with Gasteiger partial charge in [-0.3, -0.25) is 10.1 Å². The summed E-state index contributed by atoms with van der Waals surface area (Å²) in [6, 6.07) is 13.4. The highest BCUT2D eigenvalue weighted by Gasteiger charge is 2.34. The van der Waals surface area contributed by atoms with Crippen molar-refractivity contribution >= 4 is 16.9 Å². The predicted octanol–water partition coefficient (Wildman–Crippen LogP) is 3.99. The summed E-state index contributed by atoms with van der Waals surface area (Å²) in [5, 5.41) is 14.1. The van der Waals surface area contributed by atoms with Gasteiger partial charge in [0, 0.05) is 23.0 Å². The van der Waals surface area contributed by atoms with Gasteiger partial charge in [0.05, 0.1) is 13.2 Å². The Kier molecular flexibility index (Phi) is 4.40. The van der Waals surface area contributed by atoms with E-state index < -0.39 is 12.0 Å². The molecule has 0 radical (unpaired) electrons. The molecule has 0 bridgehead atoms. The maximum Gasteiger partial charge on any atom is 0.321 e. The first-order chi connectivity index (χ1) is 13.0. The van der Waals surface area contributed by atoms with Crippen LogP contribution in [-0.4, -0.2) is 29.2 Å². The van der Waals surface area contributed by atoms with Gasteiger partial charge in [-0.2, -0.15) is 0 Å². The molecule has 1 aliphatic rings. The summed E-state index contributed by atoms with van der Waals surface area (Å²) in [5.74, 6) is 0.339. The number of carbonyl (C=O) groups is 1. The zero-order valence-electron chi connectivity index (χ0n) is 15.7. The van der Waals surface area contributed by atoms with Crippen LogP contribution in [0.25, 0.3) is 10.9 Å². The Morgan fingerprint density at radius 2 is 2.00 bits per heavy atom. The van der Waals surface area contributed by atoms with Crippen molar-refractivity contribution in [3.63, 3.8) is 0 Å². The molecule has 3 N–H and O–H groups in total. The molecule has 2 unspecified atom stereocenters. The average Bonchev–Trinajstić information content (AvgIpc) is 3.05. The minimum atomic E-state index is -0.825. The van der Waals surface area contributed by atoms with Crippen LogP contribution in [0, 0.1) is 0 Å². The summed E-state index contributed by atoms with van der Waals surface area (Å²) >= 11 is 0. The molecular weight excluding hydrogens is 340 g/mol. The smallest absolute Gasteiger partial charge is 0.321 e.